The summed E-state index contributed by atoms with van der Waals surface area (Å²) in [5, 5.41) is 0. The maximum atomic E-state index is 4.16. The summed E-state index contributed by atoms with van der Waals surface area (Å²) in [5.74, 6) is 0. The molecule has 0 spiro atoms. The van der Waals surface area contributed by atoms with Crippen molar-refractivity contribution >= 4 is 27.1 Å². The van der Waals surface area contributed by atoms with Crippen LogP contribution < -0.4 is 4.90 Å². The van der Waals surface area contributed by atoms with Crippen LogP contribution in [0.3, 0.4) is 0 Å². The average Bonchev–Trinajstić information content (AvgIpc) is 2.47. The standard InChI is InChI=1S/C9H10BrN3/c1-12(2)7-3-4-13-8(5-7)6-11-9(13)10/h3-6H,1-2H3. The second-order valence-corrected chi connectivity index (χ2v) is 3.81. The third kappa shape index (κ3) is 1.42. The largest absolute Gasteiger partial charge is 0.378 e. The number of imidazole rings is 1. The minimum absolute atomic E-state index is 0.841. The molecule has 2 aromatic heterocycles. The average molecular weight is 240 g/mol. The smallest absolute Gasteiger partial charge is 0.181 e. The van der Waals surface area contributed by atoms with Gasteiger partial charge in [-0.15, -0.1) is 0 Å². The van der Waals surface area contributed by atoms with Gasteiger partial charge in [0.1, 0.15) is 0 Å². The molecule has 0 aromatic carbocycles. The number of hydrogen-bond acceptors (Lipinski definition) is 2. The molecular formula is C9H10BrN3. The van der Waals surface area contributed by atoms with E-state index in [0.717, 1.165) is 10.3 Å². The van der Waals surface area contributed by atoms with Gasteiger partial charge in [0, 0.05) is 26.0 Å². The van der Waals surface area contributed by atoms with Crippen LogP contribution in [0.15, 0.2) is 29.3 Å². The quantitative estimate of drug-likeness (QED) is 0.761. The lowest BCUT2D eigenvalue weighted by atomic mass is 10.3. The Balaban J connectivity index is 2.63. The van der Waals surface area contributed by atoms with Gasteiger partial charge in [0.25, 0.3) is 0 Å². The first-order chi connectivity index (χ1) is 6.18. The van der Waals surface area contributed by atoms with Gasteiger partial charge in [-0.25, -0.2) is 4.98 Å². The Bertz CT molecular complexity index is 433. The molecule has 0 fully saturated rings. The topological polar surface area (TPSA) is 20.5 Å². The molecule has 0 N–H and O–H groups in total. The van der Waals surface area contributed by atoms with E-state index in [1.165, 1.54) is 5.69 Å². The first-order valence-corrected chi connectivity index (χ1v) is 4.78. The first-order valence-electron chi connectivity index (χ1n) is 3.98. The Morgan fingerprint density at radius 1 is 1.46 bits per heavy atom. The molecule has 0 aliphatic heterocycles. The second-order valence-electron chi connectivity index (χ2n) is 3.10. The van der Waals surface area contributed by atoms with Crippen LogP contribution in [0.1, 0.15) is 0 Å². The van der Waals surface area contributed by atoms with E-state index in [9.17, 15) is 0 Å². The predicted molar refractivity (Wildman–Crippen MR) is 57.2 cm³/mol. The van der Waals surface area contributed by atoms with E-state index in [4.69, 9.17) is 0 Å². The highest BCUT2D eigenvalue weighted by Crippen LogP contribution is 2.18. The molecule has 2 heterocycles. The Morgan fingerprint density at radius 2 is 2.23 bits per heavy atom. The minimum Gasteiger partial charge on any atom is -0.378 e. The molecule has 4 heteroatoms. The van der Waals surface area contributed by atoms with Gasteiger partial charge in [0.2, 0.25) is 0 Å². The zero-order chi connectivity index (χ0) is 9.42. The Labute approximate surface area is 85.1 Å². The summed E-state index contributed by atoms with van der Waals surface area (Å²) in [6.07, 6.45) is 3.85. The Kier molecular flexibility index (Phi) is 2.00. The Hall–Kier alpha value is -1.03. The molecular weight excluding hydrogens is 230 g/mol. The van der Waals surface area contributed by atoms with E-state index >= 15 is 0 Å². The van der Waals surface area contributed by atoms with E-state index < -0.39 is 0 Å². The van der Waals surface area contributed by atoms with Gasteiger partial charge >= 0.3 is 0 Å². The van der Waals surface area contributed by atoms with E-state index in [1.807, 2.05) is 30.9 Å². The minimum atomic E-state index is 0.841. The van der Waals surface area contributed by atoms with Crippen molar-refractivity contribution in [2.24, 2.45) is 0 Å². The number of anilines is 1. The lowest BCUT2D eigenvalue weighted by molar-refractivity contribution is 1.08. The molecule has 0 saturated heterocycles. The molecule has 13 heavy (non-hydrogen) atoms. The number of aromatic nitrogens is 2. The van der Waals surface area contributed by atoms with Crippen molar-refractivity contribution in [2.45, 2.75) is 0 Å². The van der Waals surface area contributed by atoms with Crippen molar-refractivity contribution in [3.8, 4) is 0 Å². The van der Waals surface area contributed by atoms with Gasteiger partial charge in [0.15, 0.2) is 4.73 Å². The fourth-order valence-corrected chi connectivity index (χ4v) is 1.66. The van der Waals surface area contributed by atoms with Gasteiger partial charge in [-0.2, -0.15) is 0 Å². The third-order valence-corrected chi connectivity index (χ3v) is 2.57. The van der Waals surface area contributed by atoms with Crippen LogP contribution in [0, 0.1) is 0 Å². The lowest BCUT2D eigenvalue weighted by Crippen LogP contribution is -2.08. The van der Waals surface area contributed by atoms with Crippen molar-refractivity contribution in [1.82, 2.24) is 9.38 Å². The molecule has 0 unspecified atom stereocenters. The summed E-state index contributed by atoms with van der Waals surface area (Å²) in [6, 6.07) is 4.15. The number of pyridine rings is 1. The Morgan fingerprint density at radius 3 is 2.92 bits per heavy atom. The number of hydrogen-bond donors (Lipinski definition) is 0. The molecule has 0 aliphatic rings. The third-order valence-electron chi connectivity index (χ3n) is 1.99. The number of nitrogens with zero attached hydrogens (tertiary/aromatic N) is 3. The molecule has 0 bridgehead atoms. The van der Waals surface area contributed by atoms with Crippen LogP contribution in [-0.2, 0) is 0 Å². The van der Waals surface area contributed by atoms with Crippen molar-refractivity contribution in [3.63, 3.8) is 0 Å². The van der Waals surface area contributed by atoms with Crippen LogP contribution in [0.25, 0.3) is 5.52 Å². The summed E-state index contributed by atoms with van der Waals surface area (Å²) < 4.78 is 2.83. The van der Waals surface area contributed by atoms with Crippen molar-refractivity contribution in [2.75, 3.05) is 19.0 Å². The zero-order valence-electron chi connectivity index (χ0n) is 7.53. The fourth-order valence-electron chi connectivity index (χ4n) is 1.23. The summed E-state index contributed by atoms with van der Waals surface area (Å²) in [7, 11) is 4.05. The van der Waals surface area contributed by atoms with Crippen LogP contribution >= 0.6 is 15.9 Å². The summed E-state index contributed by atoms with van der Waals surface area (Å²) >= 11 is 3.37. The van der Waals surface area contributed by atoms with Gasteiger partial charge in [-0.1, -0.05) is 0 Å². The highest BCUT2D eigenvalue weighted by molar-refractivity contribution is 9.10. The predicted octanol–water partition coefficient (Wildman–Crippen LogP) is 2.16. The molecule has 0 radical (unpaired) electrons. The van der Waals surface area contributed by atoms with Gasteiger partial charge < -0.3 is 4.90 Å². The summed E-state index contributed by atoms with van der Waals surface area (Å²) in [5.41, 5.74) is 2.28. The molecule has 68 valence electrons. The highest BCUT2D eigenvalue weighted by Gasteiger charge is 2.01. The molecule has 3 nitrogen and oxygen atoms in total. The summed E-state index contributed by atoms with van der Waals surface area (Å²) in [4.78, 5) is 6.23. The number of rotatable bonds is 1. The van der Waals surface area contributed by atoms with Crippen molar-refractivity contribution < 1.29 is 0 Å². The summed E-state index contributed by atoms with van der Waals surface area (Å²) in [6.45, 7) is 0. The van der Waals surface area contributed by atoms with Gasteiger partial charge in [0.05, 0.1) is 11.7 Å². The van der Waals surface area contributed by atoms with E-state index in [2.05, 4.69) is 37.9 Å². The molecule has 2 rings (SSSR count). The van der Waals surface area contributed by atoms with Crippen molar-refractivity contribution in [1.29, 1.82) is 0 Å². The molecule has 0 aliphatic carbocycles. The molecule has 0 saturated carbocycles. The first kappa shape index (κ1) is 8.56. The van der Waals surface area contributed by atoms with Gasteiger partial charge in [-0.05, 0) is 28.1 Å². The highest BCUT2D eigenvalue weighted by atomic mass is 79.9. The number of fused-ring (bicyclic) bond motifs is 1. The van der Waals surface area contributed by atoms with Crippen LogP contribution in [0.5, 0.6) is 0 Å². The normalized spacial score (nSPS) is 10.7. The maximum Gasteiger partial charge on any atom is 0.181 e. The van der Waals surface area contributed by atoms with Gasteiger partial charge in [-0.3, -0.25) is 4.40 Å². The lowest BCUT2D eigenvalue weighted by Gasteiger charge is -2.12. The maximum absolute atomic E-state index is 4.16. The van der Waals surface area contributed by atoms with Crippen LogP contribution in [-0.4, -0.2) is 23.5 Å². The monoisotopic (exact) mass is 239 g/mol. The van der Waals surface area contributed by atoms with Crippen molar-refractivity contribution in [3.05, 3.63) is 29.3 Å². The van der Waals surface area contributed by atoms with Crippen LogP contribution in [0.4, 0.5) is 5.69 Å². The number of halogens is 1. The second kappa shape index (κ2) is 3.03. The van der Waals surface area contributed by atoms with E-state index in [1.54, 1.807) is 0 Å². The van der Waals surface area contributed by atoms with E-state index in [-0.39, 0.29) is 0 Å². The molecule has 0 atom stereocenters. The zero-order valence-corrected chi connectivity index (χ0v) is 9.12. The molecule has 0 amide bonds. The fraction of sp³-hybridized carbons (Fsp3) is 0.222. The SMILES string of the molecule is CN(C)c1ccn2c(Br)ncc2c1. The molecule has 2 aromatic rings. The van der Waals surface area contributed by atoms with Crippen LogP contribution in [0.2, 0.25) is 0 Å². The van der Waals surface area contributed by atoms with E-state index in [0.29, 0.717) is 0 Å².